The summed E-state index contributed by atoms with van der Waals surface area (Å²) in [5, 5.41) is 13.8. The van der Waals surface area contributed by atoms with Crippen molar-refractivity contribution >= 4 is 11.9 Å². The molecule has 6 heteroatoms. The first-order valence-electron chi connectivity index (χ1n) is 5.96. The molecule has 1 aromatic carbocycles. The fourth-order valence-corrected chi connectivity index (χ4v) is 1.39. The van der Waals surface area contributed by atoms with Crippen LogP contribution in [0.2, 0.25) is 0 Å². The number of benzene rings is 1. The van der Waals surface area contributed by atoms with Crippen LogP contribution in [0.4, 0.5) is 4.39 Å². The standard InChI is InChI=1S/C13H17FN2O3/c1-9(13(18)19)16-8-12(17)15-7-6-10-2-4-11(14)5-3-10/h2-5,9,16H,6-8H2,1H3,(H,15,17)(H,18,19)/t9-/m1/s1. The first-order valence-corrected chi connectivity index (χ1v) is 5.96. The van der Waals surface area contributed by atoms with Gasteiger partial charge in [0.05, 0.1) is 6.54 Å². The minimum Gasteiger partial charge on any atom is -0.480 e. The van der Waals surface area contributed by atoms with E-state index in [0.29, 0.717) is 13.0 Å². The number of carboxylic acids is 1. The number of carbonyl (C=O) groups excluding carboxylic acids is 1. The van der Waals surface area contributed by atoms with E-state index in [9.17, 15) is 14.0 Å². The van der Waals surface area contributed by atoms with Crippen LogP contribution in [-0.2, 0) is 16.0 Å². The van der Waals surface area contributed by atoms with Gasteiger partial charge in [0.25, 0.3) is 0 Å². The summed E-state index contributed by atoms with van der Waals surface area (Å²) in [6, 6.07) is 5.29. The van der Waals surface area contributed by atoms with Crippen molar-refractivity contribution in [3.05, 3.63) is 35.6 Å². The second kappa shape index (κ2) is 7.48. The molecule has 1 aromatic rings. The molecule has 0 saturated heterocycles. The Kier molecular flexibility index (Phi) is 5.95. The topological polar surface area (TPSA) is 78.4 Å². The molecule has 1 atom stereocenters. The third-order valence-corrected chi connectivity index (χ3v) is 2.59. The van der Waals surface area contributed by atoms with Crippen LogP contribution >= 0.6 is 0 Å². The van der Waals surface area contributed by atoms with E-state index < -0.39 is 12.0 Å². The lowest BCUT2D eigenvalue weighted by Crippen LogP contribution is -2.41. The van der Waals surface area contributed by atoms with Gasteiger partial charge in [-0.15, -0.1) is 0 Å². The van der Waals surface area contributed by atoms with Gasteiger partial charge < -0.3 is 10.4 Å². The Morgan fingerprint density at radius 2 is 1.95 bits per heavy atom. The number of carbonyl (C=O) groups is 2. The van der Waals surface area contributed by atoms with Crippen molar-refractivity contribution < 1.29 is 19.1 Å². The fraction of sp³-hybridized carbons (Fsp3) is 0.385. The van der Waals surface area contributed by atoms with Crippen LogP contribution in [0.3, 0.4) is 0 Å². The van der Waals surface area contributed by atoms with Crippen LogP contribution in [0.25, 0.3) is 0 Å². The Balaban J connectivity index is 2.20. The highest BCUT2D eigenvalue weighted by molar-refractivity contribution is 5.79. The highest BCUT2D eigenvalue weighted by Gasteiger charge is 2.11. The van der Waals surface area contributed by atoms with Crippen LogP contribution in [0.1, 0.15) is 12.5 Å². The first kappa shape index (κ1) is 15.1. The average molecular weight is 268 g/mol. The molecule has 0 heterocycles. The number of halogens is 1. The molecule has 0 spiro atoms. The third-order valence-electron chi connectivity index (χ3n) is 2.59. The van der Waals surface area contributed by atoms with Gasteiger partial charge in [0, 0.05) is 6.54 Å². The smallest absolute Gasteiger partial charge is 0.320 e. The number of hydrogen-bond acceptors (Lipinski definition) is 3. The van der Waals surface area contributed by atoms with E-state index in [0.717, 1.165) is 5.56 Å². The van der Waals surface area contributed by atoms with Gasteiger partial charge in [-0.1, -0.05) is 12.1 Å². The van der Waals surface area contributed by atoms with Gasteiger partial charge in [-0.3, -0.25) is 14.9 Å². The Bertz CT molecular complexity index is 434. The molecular formula is C13H17FN2O3. The lowest BCUT2D eigenvalue weighted by molar-refractivity contribution is -0.139. The molecule has 0 radical (unpaired) electrons. The quantitative estimate of drug-likeness (QED) is 0.674. The third kappa shape index (κ3) is 5.96. The number of aliphatic carboxylic acids is 1. The number of rotatable bonds is 7. The summed E-state index contributed by atoms with van der Waals surface area (Å²) in [7, 11) is 0. The Morgan fingerprint density at radius 1 is 1.32 bits per heavy atom. The molecule has 3 N–H and O–H groups in total. The van der Waals surface area contributed by atoms with Gasteiger partial charge in [-0.2, -0.15) is 0 Å². The molecule has 0 aliphatic rings. The molecular weight excluding hydrogens is 251 g/mol. The number of hydrogen-bond donors (Lipinski definition) is 3. The minimum atomic E-state index is -1.00. The maximum Gasteiger partial charge on any atom is 0.320 e. The first-order chi connectivity index (χ1) is 8.99. The van der Waals surface area contributed by atoms with Gasteiger partial charge in [0.2, 0.25) is 5.91 Å². The molecule has 104 valence electrons. The van der Waals surface area contributed by atoms with E-state index in [1.807, 2.05) is 0 Å². The molecule has 0 aromatic heterocycles. The lowest BCUT2D eigenvalue weighted by atomic mass is 10.1. The molecule has 0 aliphatic heterocycles. The summed E-state index contributed by atoms with van der Waals surface area (Å²) in [6.07, 6.45) is 0.598. The van der Waals surface area contributed by atoms with E-state index >= 15 is 0 Å². The fourth-order valence-electron chi connectivity index (χ4n) is 1.39. The van der Waals surface area contributed by atoms with Crippen LogP contribution in [0.15, 0.2) is 24.3 Å². The van der Waals surface area contributed by atoms with Gasteiger partial charge >= 0.3 is 5.97 Å². The molecule has 0 aliphatic carbocycles. The predicted molar refractivity (Wildman–Crippen MR) is 68.2 cm³/mol. The van der Waals surface area contributed by atoms with E-state index in [1.54, 1.807) is 12.1 Å². The predicted octanol–water partition coefficient (Wildman–Crippen LogP) is 0.547. The number of amides is 1. The van der Waals surface area contributed by atoms with Crippen molar-refractivity contribution in [1.29, 1.82) is 0 Å². The molecule has 0 fully saturated rings. The van der Waals surface area contributed by atoms with E-state index in [2.05, 4.69) is 10.6 Å². The normalized spacial score (nSPS) is 11.9. The van der Waals surface area contributed by atoms with Crippen molar-refractivity contribution in [1.82, 2.24) is 10.6 Å². The van der Waals surface area contributed by atoms with Crippen LogP contribution in [0, 0.1) is 5.82 Å². The maximum atomic E-state index is 12.7. The van der Waals surface area contributed by atoms with Gasteiger partial charge in [0.1, 0.15) is 11.9 Å². The van der Waals surface area contributed by atoms with Crippen LogP contribution in [-0.4, -0.2) is 36.1 Å². The summed E-state index contributed by atoms with van der Waals surface area (Å²) in [5.41, 5.74) is 0.925. The Labute approximate surface area is 110 Å². The molecule has 0 bridgehead atoms. The number of carboxylic acid groups (broad SMARTS) is 1. The molecule has 1 rings (SSSR count). The highest BCUT2D eigenvalue weighted by Crippen LogP contribution is 2.02. The summed E-state index contributed by atoms with van der Waals surface area (Å²) in [5.74, 6) is -1.56. The van der Waals surface area contributed by atoms with Gasteiger partial charge in [-0.25, -0.2) is 4.39 Å². The highest BCUT2D eigenvalue weighted by atomic mass is 19.1. The molecule has 19 heavy (non-hydrogen) atoms. The molecule has 0 unspecified atom stereocenters. The van der Waals surface area contributed by atoms with Gasteiger partial charge in [-0.05, 0) is 31.0 Å². The summed E-state index contributed by atoms with van der Waals surface area (Å²) in [4.78, 5) is 21.9. The van der Waals surface area contributed by atoms with Crippen molar-refractivity contribution in [2.24, 2.45) is 0 Å². The largest absolute Gasteiger partial charge is 0.480 e. The number of nitrogens with one attached hydrogen (secondary N) is 2. The van der Waals surface area contributed by atoms with Crippen molar-refractivity contribution in [3.63, 3.8) is 0 Å². The maximum absolute atomic E-state index is 12.7. The van der Waals surface area contributed by atoms with E-state index in [1.165, 1.54) is 19.1 Å². The second-order valence-electron chi connectivity index (χ2n) is 4.17. The summed E-state index contributed by atoms with van der Waals surface area (Å²) >= 11 is 0. The van der Waals surface area contributed by atoms with Crippen LogP contribution < -0.4 is 10.6 Å². The van der Waals surface area contributed by atoms with E-state index in [-0.39, 0.29) is 18.3 Å². The van der Waals surface area contributed by atoms with Crippen LogP contribution in [0.5, 0.6) is 0 Å². The molecule has 0 saturated carbocycles. The van der Waals surface area contributed by atoms with Gasteiger partial charge in [0.15, 0.2) is 0 Å². The second-order valence-corrected chi connectivity index (χ2v) is 4.17. The molecule has 5 nitrogen and oxygen atoms in total. The zero-order valence-electron chi connectivity index (χ0n) is 10.6. The van der Waals surface area contributed by atoms with Crippen molar-refractivity contribution in [2.75, 3.05) is 13.1 Å². The Hall–Kier alpha value is -1.95. The lowest BCUT2D eigenvalue weighted by Gasteiger charge is -2.09. The monoisotopic (exact) mass is 268 g/mol. The van der Waals surface area contributed by atoms with Crippen molar-refractivity contribution in [2.45, 2.75) is 19.4 Å². The summed E-state index contributed by atoms with van der Waals surface area (Å²) in [6.45, 7) is 1.85. The van der Waals surface area contributed by atoms with E-state index in [4.69, 9.17) is 5.11 Å². The minimum absolute atomic E-state index is 0.0448. The summed E-state index contributed by atoms with van der Waals surface area (Å²) < 4.78 is 12.7. The van der Waals surface area contributed by atoms with Crippen molar-refractivity contribution in [3.8, 4) is 0 Å². The average Bonchev–Trinajstić information content (AvgIpc) is 2.38. The SMILES string of the molecule is C[C@@H](NCC(=O)NCCc1ccc(F)cc1)C(=O)O. The molecule has 1 amide bonds. The zero-order chi connectivity index (χ0) is 14.3. The zero-order valence-corrected chi connectivity index (χ0v) is 10.6. The Morgan fingerprint density at radius 3 is 2.53 bits per heavy atom.